The van der Waals surface area contributed by atoms with E-state index >= 15 is 0 Å². The SMILES string of the molecule is CCCCCCOc1cc(COc2cc(C(=O)O)cc(C(=O)O)c2)cc(O[C@H](C)CCCCC)c1. The van der Waals surface area contributed by atoms with Crippen LogP contribution in [0.5, 0.6) is 17.2 Å². The Bertz CT molecular complexity index is 922. The standard InChI is InChI=1S/C28H38O7/c1-4-6-8-10-12-33-24-13-21(14-26(18-24)35-20(3)11-9-7-5-2)19-34-25-16-22(27(29)30)15-23(17-25)28(31)32/h13-18,20H,4-12,19H2,1-3H3,(H,29,30)(H,31,32)/t20-/m1/s1. The lowest BCUT2D eigenvalue weighted by molar-refractivity contribution is 0.0696. The van der Waals surface area contributed by atoms with Gasteiger partial charge in [-0.3, -0.25) is 0 Å². The van der Waals surface area contributed by atoms with E-state index in [4.69, 9.17) is 14.2 Å². The van der Waals surface area contributed by atoms with Crippen molar-refractivity contribution in [2.75, 3.05) is 6.61 Å². The Labute approximate surface area is 208 Å². The molecule has 0 aliphatic heterocycles. The number of hydrogen-bond donors (Lipinski definition) is 2. The van der Waals surface area contributed by atoms with E-state index in [-0.39, 0.29) is 29.6 Å². The third-order valence-electron chi connectivity index (χ3n) is 5.56. The second-order valence-corrected chi connectivity index (χ2v) is 8.79. The maximum absolute atomic E-state index is 11.4. The van der Waals surface area contributed by atoms with Gasteiger partial charge in [-0.25, -0.2) is 9.59 Å². The molecular weight excluding hydrogens is 448 g/mol. The molecule has 192 valence electrons. The van der Waals surface area contributed by atoms with E-state index in [2.05, 4.69) is 20.8 Å². The highest BCUT2D eigenvalue weighted by Crippen LogP contribution is 2.27. The summed E-state index contributed by atoms with van der Waals surface area (Å²) >= 11 is 0. The van der Waals surface area contributed by atoms with Gasteiger partial charge in [-0.2, -0.15) is 0 Å². The molecule has 2 aromatic carbocycles. The second kappa shape index (κ2) is 14.9. The van der Waals surface area contributed by atoms with Crippen LogP contribution >= 0.6 is 0 Å². The van der Waals surface area contributed by atoms with E-state index in [9.17, 15) is 19.8 Å². The predicted molar refractivity (Wildman–Crippen MR) is 135 cm³/mol. The Morgan fingerprint density at radius 2 is 1.34 bits per heavy atom. The van der Waals surface area contributed by atoms with Gasteiger partial charge in [0.15, 0.2) is 0 Å². The summed E-state index contributed by atoms with van der Waals surface area (Å²) in [7, 11) is 0. The van der Waals surface area contributed by atoms with Crippen molar-refractivity contribution in [3.8, 4) is 17.2 Å². The fraction of sp³-hybridized carbons (Fsp3) is 0.500. The second-order valence-electron chi connectivity index (χ2n) is 8.79. The van der Waals surface area contributed by atoms with Crippen LogP contribution in [0.4, 0.5) is 0 Å². The summed E-state index contributed by atoms with van der Waals surface area (Å²) in [4.78, 5) is 22.7. The van der Waals surface area contributed by atoms with Crippen molar-refractivity contribution in [1.29, 1.82) is 0 Å². The molecule has 0 saturated heterocycles. The number of ether oxygens (including phenoxy) is 3. The van der Waals surface area contributed by atoms with Crippen LogP contribution < -0.4 is 14.2 Å². The lowest BCUT2D eigenvalue weighted by Gasteiger charge is -2.17. The third kappa shape index (κ3) is 10.3. The Morgan fingerprint density at radius 3 is 1.97 bits per heavy atom. The van der Waals surface area contributed by atoms with Gasteiger partial charge in [-0.1, -0.05) is 46.0 Å². The predicted octanol–water partition coefficient (Wildman–Crippen LogP) is 6.97. The average Bonchev–Trinajstić information content (AvgIpc) is 2.82. The number of carboxylic acids is 2. The summed E-state index contributed by atoms with van der Waals surface area (Å²) in [6.07, 6.45) is 8.86. The zero-order valence-corrected chi connectivity index (χ0v) is 21.0. The molecule has 0 aliphatic rings. The summed E-state index contributed by atoms with van der Waals surface area (Å²) in [6.45, 7) is 7.11. The van der Waals surface area contributed by atoms with Crippen LogP contribution in [0.2, 0.25) is 0 Å². The number of carboxylic acid groups (broad SMARTS) is 2. The van der Waals surface area contributed by atoms with Gasteiger partial charge < -0.3 is 24.4 Å². The zero-order valence-electron chi connectivity index (χ0n) is 21.0. The quantitative estimate of drug-likeness (QED) is 0.233. The van der Waals surface area contributed by atoms with Gasteiger partial charge in [0.2, 0.25) is 0 Å². The number of benzene rings is 2. The molecule has 2 aromatic rings. The van der Waals surface area contributed by atoms with Crippen LogP contribution in [-0.2, 0) is 6.61 Å². The van der Waals surface area contributed by atoms with Crippen molar-refractivity contribution in [1.82, 2.24) is 0 Å². The normalized spacial score (nSPS) is 11.6. The number of rotatable bonds is 17. The van der Waals surface area contributed by atoms with Crippen LogP contribution in [0.25, 0.3) is 0 Å². The highest BCUT2D eigenvalue weighted by atomic mass is 16.5. The molecule has 0 spiro atoms. The van der Waals surface area contributed by atoms with Gasteiger partial charge in [0, 0.05) is 6.07 Å². The van der Waals surface area contributed by atoms with Gasteiger partial charge in [-0.05, 0) is 62.1 Å². The lowest BCUT2D eigenvalue weighted by Crippen LogP contribution is -2.12. The lowest BCUT2D eigenvalue weighted by atomic mass is 10.1. The number of carbonyl (C=O) groups is 2. The molecule has 2 rings (SSSR count). The van der Waals surface area contributed by atoms with Crippen molar-refractivity contribution < 1.29 is 34.0 Å². The Hall–Kier alpha value is -3.22. The maximum atomic E-state index is 11.4. The summed E-state index contributed by atoms with van der Waals surface area (Å²) in [5.74, 6) is -0.898. The first-order valence-corrected chi connectivity index (χ1v) is 12.5. The minimum atomic E-state index is -1.22. The molecule has 0 bridgehead atoms. The fourth-order valence-electron chi connectivity index (χ4n) is 3.65. The molecule has 2 N–H and O–H groups in total. The minimum Gasteiger partial charge on any atom is -0.493 e. The van der Waals surface area contributed by atoms with Crippen molar-refractivity contribution in [2.24, 2.45) is 0 Å². The molecule has 0 unspecified atom stereocenters. The maximum Gasteiger partial charge on any atom is 0.335 e. The van der Waals surface area contributed by atoms with Crippen LogP contribution in [0.3, 0.4) is 0 Å². The first-order valence-electron chi connectivity index (χ1n) is 12.5. The molecule has 0 amide bonds. The van der Waals surface area contributed by atoms with Crippen molar-refractivity contribution in [2.45, 2.75) is 84.8 Å². The zero-order chi connectivity index (χ0) is 25.6. The van der Waals surface area contributed by atoms with E-state index in [1.54, 1.807) is 0 Å². The van der Waals surface area contributed by atoms with Crippen molar-refractivity contribution in [3.63, 3.8) is 0 Å². The summed E-state index contributed by atoms with van der Waals surface area (Å²) in [6, 6.07) is 9.36. The molecule has 0 aliphatic carbocycles. The topological polar surface area (TPSA) is 102 Å². The molecule has 0 fully saturated rings. The fourth-order valence-corrected chi connectivity index (χ4v) is 3.65. The first kappa shape index (κ1) is 28.0. The molecule has 1 atom stereocenters. The Morgan fingerprint density at radius 1 is 0.743 bits per heavy atom. The molecule has 0 aromatic heterocycles. The van der Waals surface area contributed by atoms with Gasteiger partial charge >= 0.3 is 11.9 Å². The minimum absolute atomic E-state index is 0.0560. The molecule has 0 saturated carbocycles. The van der Waals surface area contributed by atoms with Crippen LogP contribution in [0, 0.1) is 0 Å². The van der Waals surface area contributed by atoms with E-state index < -0.39 is 11.9 Å². The van der Waals surface area contributed by atoms with Gasteiger partial charge in [0.1, 0.15) is 23.9 Å². The van der Waals surface area contributed by atoms with E-state index in [0.29, 0.717) is 18.1 Å². The largest absolute Gasteiger partial charge is 0.493 e. The van der Waals surface area contributed by atoms with Crippen LogP contribution in [0.1, 0.15) is 98.4 Å². The highest BCUT2D eigenvalue weighted by molar-refractivity contribution is 5.94. The smallest absolute Gasteiger partial charge is 0.335 e. The molecule has 7 nitrogen and oxygen atoms in total. The van der Waals surface area contributed by atoms with E-state index in [1.807, 2.05) is 18.2 Å². The monoisotopic (exact) mass is 486 g/mol. The summed E-state index contributed by atoms with van der Waals surface area (Å²) in [5, 5.41) is 18.6. The molecular formula is C28H38O7. The average molecular weight is 487 g/mol. The van der Waals surface area contributed by atoms with Gasteiger partial charge in [-0.15, -0.1) is 0 Å². The van der Waals surface area contributed by atoms with Crippen LogP contribution in [-0.4, -0.2) is 34.9 Å². The van der Waals surface area contributed by atoms with Gasteiger partial charge in [0.25, 0.3) is 0 Å². The number of aromatic carboxylic acids is 2. The Balaban J connectivity index is 2.16. The van der Waals surface area contributed by atoms with Crippen LogP contribution in [0.15, 0.2) is 36.4 Å². The molecule has 0 radical (unpaired) electrons. The number of hydrogen-bond acceptors (Lipinski definition) is 5. The molecule has 0 heterocycles. The highest BCUT2D eigenvalue weighted by Gasteiger charge is 2.13. The van der Waals surface area contributed by atoms with E-state index in [0.717, 1.165) is 50.2 Å². The number of unbranched alkanes of at least 4 members (excludes halogenated alkanes) is 5. The molecule has 7 heteroatoms. The summed E-state index contributed by atoms with van der Waals surface area (Å²) < 4.78 is 17.9. The van der Waals surface area contributed by atoms with E-state index in [1.165, 1.54) is 25.0 Å². The Kier molecular flexibility index (Phi) is 11.9. The van der Waals surface area contributed by atoms with Gasteiger partial charge in [0.05, 0.1) is 23.8 Å². The summed E-state index contributed by atoms with van der Waals surface area (Å²) in [5.41, 5.74) is 0.493. The van der Waals surface area contributed by atoms with Crippen molar-refractivity contribution in [3.05, 3.63) is 53.1 Å². The third-order valence-corrected chi connectivity index (χ3v) is 5.56. The first-order chi connectivity index (χ1) is 16.8. The van der Waals surface area contributed by atoms with Crippen molar-refractivity contribution >= 4 is 11.9 Å². The molecule has 35 heavy (non-hydrogen) atoms.